The predicted octanol–water partition coefficient (Wildman–Crippen LogP) is 3.02. The van der Waals surface area contributed by atoms with Crippen molar-refractivity contribution in [3.63, 3.8) is 0 Å². The fourth-order valence-electron chi connectivity index (χ4n) is 2.75. The molecule has 174 valence electrons. The Labute approximate surface area is 183 Å². The van der Waals surface area contributed by atoms with Crippen LogP contribution in [0.4, 0.5) is 0 Å². The summed E-state index contributed by atoms with van der Waals surface area (Å²) < 4.78 is 27.9. The van der Waals surface area contributed by atoms with Gasteiger partial charge in [-0.1, -0.05) is 6.07 Å². The highest BCUT2D eigenvalue weighted by molar-refractivity contribution is 5.76. The summed E-state index contributed by atoms with van der Waals surface area (Å²) in [7, 11) is 1.51. The molecule has 1 aromatic carbocycles. The van der Waals surface area contributed by atoms with E-state index in [0.29, 0.717) is 11.5 Å². The van der Waals surface area contributed by atoms with Gasteiger partial charge in [-0.25, -0.2) is 0 Å². The van der Waals surface area contributed by atoms with Crippen LogP contribution in [-0.2, 0) is 23.8 Å². The molecule has 4 atom stereocenters. The van der Waals surface area contributed by atoms with E-state index < -0.39 is 47.4 Å². The Morgan fingerprint density at radius 2 is 1.65 bits per heavy atom. The van der Waals surface area contributed by atoms with E-state index in [9.17, 15) is 14.7 Å². The zero-order valence-electron chi connectivity index (χ0n) is 19.6. The van der Waals surface area contributed by atoms with Crippen molar-refractivity contribution in [1.82, 2.24) is 0 Å². The molecule has 0 bridgehead atoms. The fraction of sp³-hybridized carbons (Fsp3) is 0.652. The number of aliphatic hydroxyl groups is 1. The Bertz CT molecular complexity index is 790. The van der Waals surface area contributed by atoms with Crippen molar-refractivity contribution in [2.24, 2.45) is 10.8 Å². The molecule has 0 spiro atoms. The molecular weight excluding hydrogens is 404 g/mol. The van der Waals surface area contributed by atoms with Gasteiger partial charge in [0.1, 0.15) is 12.7 Å². The third kappa shape index (κ3) is 6.33. The number of aryl methyl sites for hydroxylation is 1. The Balaban J connectivity index is 2.21. The molecule has 1 aliphatic rings. The molecule has 1 heterocycles. The molecule has 1 aliphatic heterocycles. The lowest BCUT2D eigenvalue weighted by Crippen LogP contribution is -2.42. The van der Waals surface area contributed by atoms with E-state index in [-0.39, 0.29) is 6.61 Å². The summed E-state index contributed by atoms with van der Waals surface area (Å²) in [6.45, 7) is 12.0. The van der Waals surface area contributed by atoms with Crippen molar-refractivity contribution >= 4 is 11.9 Å². The monoisotopic (exact) mass is 438 g/mol. The first-order chi connectivity index (χ1) is 14.2. The van der Waals surface area contributed by atoms with Crippen molar-refractivity contribution in [3.8, 4) is 11.5 Å². The van der Waals surface area contributed by atoms with Gasteiger partial charge in [0, 0.05) is 0 Å². The standard InChI is InChI=1S/C23H34O8/c1-13-9-10-14(15(11-13)27-8)29-19-17(24)18(31-21(26)23(5,6)7)16(30-19)12-28-20(25)22(2,3)4/h9-11,16-19,24H,12H2,1-8H3/t16-,17-,18+,19+/m1/s1. The van der Waals surface area contributed by atoms with Gasteiger partial charge in [0.2, 0.25) is 6.29 Å². The van der Waals surface area contributed by atoms with E-state index in [1.165, 1.54) is 7.11 Å². The highest BCUT2D eigenvalue weighted by Crippen LogP contribution is 2.34. The Morgan fingerprint density at radius 3 is 2.19 bits per heavy atom. The van der Waals surface area contributed by atoms with Gasteiger partial charge in [0.25, 0.3) is 0 Å². The van der Waals surface area contributed by atoms with Crippen LogP contribution in [0.2, 0.25) is 0 Å². The van der Waals surface area contributed by atoms with Crippen molar-refractivity contribution in [2.75, 3.05) is 13.7 Å². The fourth-order valence-corrected chi connectivity index (χ4v) is 2.75. The van der Waals surface area contributed by atoms with Crippen molar-refractivity contribution in [2.45, 2.75) is 73.1 Å². The van der Waals surface area contributed by atoms with Crippen LogP contribution in [0, 0.1) is 17.8 Å². The summed E-state index contributed by atoms with van der Waals surface area (Å²) >= 11 is 0. The van der Waals surface area contributed by atoms with E-state index in [1.807, 2.05) is 13.0 Å². The summed E-state index contributed by atoms with van der Waals surface area (Å²) in [5, 5.41) is 10.8. The van der Waals surface area contributed by atoms with E-state index >= 15 is 0 Å². The normalized spacial score (nSPS) is 23.9. The molecule has 0 unspecified atom stereocenters. The zero-order chi connectivity index (χ0) is 23.6. The minimum absolute atomic E-state index is 0.194. The smallest absolute Gasteiger partial charge is 0.311 e. The van der Waals surface area contributed by atoms with E-state index in [2.05, 4.69) is 0 Å². The number of esters is 2. The molecule has 8 heteroatoms. The maximum Gasteiger partial charge on any atom is 0.311 e. The highest BCUT2D eigenvalue weighted by atomic mass is 16.7. The van der Waals surface area contributed by atoms with Gasteiger partial charge in [-0.2, -0.15) is 0 Å². The number of carbonyl (C=O) groups is 2. The lowest BCUT2D eigenvalue weighted by Gasteiger charge is -2.25. The lowest BCUT2D eigenvalue weighted by atomic mass is 9.97. The van der Waals surface area contributed by atoms with Crippen LogP contribution in [-0.4, -0.2) is 55.4 Å². The Hall–Kier alpha value is -2.32. The number of benzene rings is 1. The number of rotatable bonds is 6. The quantitative estimate of drug-likeness (QED) is 0.677. The predicted molar refractivity (Wildman–Crippen MR) is 113 cm³/mol. The van der Waals surface area contributed by atoms with Gasteiger partial charge in [-0.3, -0.25) is 9.59 Å². The van der Waals surface area contributed by atoms with Crippen molar-refractivity contribution < 1.29 is 38.4 Å². The van der Waals surface area contributed by atoms with Gasteiger partial charge < -0.3 is 28.8 Å². The average Bonchev–Trinajstić information content (AvgIpc) is 2.94. The van der Waals surface area contributed by atoms with E-state index in [0.717, 1.165) is 5.56 Å². The van der Waals surface area contributed by atoms with Crippen LogP contribution in [0.1, 0.15) is 47.1 Å². The van der Waals surface area contributed by atoms with Crippen LogP contribution < -0.4 is 9.47 Å². The van der Waals surface area contributed by atoms with Crippen LogP contribution in [0.25, 0.3) is 0 Å². The second-order valence-corrected chi connectivity index (χ2v) is 9.77. The molecule has 0 amide bonds. The number of ether oxygens (including phenoxy) is 5. The molecule has 0 aliphatic carbocycles. The van der Waals surface area contributed by atoms with E-state index in [1.54, 1.807) is 53.7 Å². The summed E-state index contributed by atoms with van der Waals surface area (Å²) in [6, 6.07) is 5.32. The summed E-state index contributed by atoms with van der Waals surface area (Å²) in [5.41, 5.74) is -0.521. The number of hydrogen-bond donors (Lipinski definition) is 1. The SMILES string of the molecule is COc1cc(C)ccc1O[C@H]1O[C@H](COC(=O)C(C)(C)C)[C@H](OC(=O)C(C)(C)C)[C@H]1O. The van der Waals surface area contributed by atoms with Gasteiger partial charge >= 0.3 is 11.9 Å². The van der Waals surface area contributed by atoms with Gasteiger partial charge in [0.05, 0.1) is 17.9 Å². The molecule has 2 rings (SSSR count). The molecule has 0 radical (unpaired) electrons. The van der Waals surface area contributed by atoms with Crippen molar-refractivity contribution in [3.05, 3.63) is 23.8 Å². The van der Waals surface area contributed by atoms with Gasteiger partial charge in [-0.05, 0) is 66.2 Å². The highest BCUT2D eigenvalue weighted by Gasteiger charge is 2.49. The number of methoxy groups -OCH3 is 1. The number of aliphatic hydroxyl groups excluding tert-OH is 1. The molecule has 0 aromatic heterocycles. The Morgan fingerprint density at radius 1 is 1.03 bits per heavy atom. The third-order valence-electron chi connectivity index (χ3n) is 4.70. The zero-order valence-corrected chi connectivity index (χ0v) is 19.6. The lowest BCUT2D eigenvalue weighted by molar-refractivity contribution is -0.170. The summed E-state index contributed by atoms with van der Waals surface area (Å²) in [6.07, 6.45) is -4.40. The average molecular weight is 439 g/mol. The third-order valence-corrected chi connectivity index (χ3v) is 4.70. The topological polar surface area (TPSA) is 101 Å². The van der Waals surface area contributed by atoms with Crippen LogP contribution >= 0.6 is 0 Å². The van der Waals surface area contributed by atoms with Gasteiger partial charge in [0.15, 0.2) is 23.7 Å². The summed E-state index contributed by atoms with van der Waals surface area (Å²) in [5.74, 6) is -0.107. The number of hydrogen-bond acceptors (Lipinski definition) is 8. The van der Waals surface area contributed by atoms with Gasteiger partial charge in [-0.15, -0.1) is 0 Å². The summed E-state index contributed by atoms with van der Waals surface area (Å²) in [4.78, 5) is 24.6. The maximum absolute atomic E-state index is 12.5. The number of carbonyl (C=O) groups excluding carboxylic acids is 2. The van der Waals surface area contributed by atoms with Crippen LogP contribution in [0.15, 0.2) is 18.2 Å². The molecule has 1 saturated heterocycles. The molecule has 1 fully saturated rings. The minimum atomic E-state index is -1.30. The molecular formula is C23H34O8. The second kappa shape index (κ2) is 9.44. The maximum atomic E-state index is 12.5. The molecule has 1 aromatic rings. The molecule has 1 N–H and O–H groups in total. The van der Waals surface area contributed by atoms with Crippen LogP contribution in [0.3, 0.4) is 0 Å². The molecule has 8 nitrogen and oxygen atoms in total. The molecule has 31 heavy (non-hydrogen) atoms. The molecule has 0 saturated carbocycles. The Kier molecular flexibility index (Phi) is 7.60. The first-order valence-electron chi connectivity index (χ1n) is 10.3. The van der Waals surface area contributed by atoms with E-state index in [4.69, 9.17) is 23.7 Å². The first-order valence-corrected chi connectivity index (χ1v) is 10.3. The first kappa shape index (κ1) is 24.9. The minimum Gasteiger partial charge on any atom is -0.493 e. The largest absolute Gasteiger partial charge is 0.493 e. The van der Waals surface area contributed by atoms with Crippen LogP contribution in [0.5, 0.6) is 11.5 Å². The second-order valence-electron chi connectivity index (χ2n) is 9.77. The van der Waals surface area contributed by atoms with Crippen molar-refractivity contribution in [1.29, 1.82) is 0 Å².